The molecule has 0 aliphatic carbocycles. The van der Waals surface area contributed by atoms with Crippen molar-refractivity contribution in [2.45, 2.75) is 19.1 Å². The van der Waals surface area contributed by atoms with E-state index in [4.69, 9.17) is 11.6 Å². The van der Waals surface area contributed by atoms with E-state index in [1.165, 1.54) is 12.1 Å². The van der Waals surface area contributed by atoms with Gasteiger partial charge < -0.3 is 9.67 Å². The molecule has 3 aromatic rings. The van der Waals surface area contributed by atoms with Crippen molar-refractivity contribution in [2.75, 3.05) is 0 Å². The number of hydrogen-bond donors (Lipinski definition) is 1. The van der Waals surface area contributed by atoms with Crippen molar-refractivity contribution in [2.24, 2.45) is 0 Å². The molecule has 3 rings (SSSR count). The number of fused-ring (bicyclic) bond motifs is 1. The molecule has 1 heterocycles. The maximum atomic E-state index is 12.9. The summed E-state index contributed by atoms with van der Waals surface area (Å²) in [4.78, 5) is 0. The summed E-state index contributed by atoms with van der Waals surface area (Å²) in [5.41, 5.74) is 1.82. The highest BCUT2D eigenvalue weighted by atomic mass is 35.5. The van der Waals surface area contributed by atoms with Crippen LogP contribution in [0.5, 0.6) is 0 Å². The third kappa shape index (κ3) is 3.09. The maximum Gasteiger partial charge on any atom is 0.123 e. The molecule has 0 saturated heterocycles. The Hall–Kier alpha value is -1.84. The lowest BCUT2D eigenvalue weighted by molar-refractivity contribution is 0.161. The van der Waals surface area contributed by atoms with Crippen molar-refractivity contribution in [3.63, 3.8) is 0 Å². The lowest BCUT2D eigenvalue weighted by Gasteiger charge is -2.12. The van der Waals surface area contributed by atoms with Gasteiger partial charge in [-0.15, -0.1) is 0 Å². The Morgan fingerprint density at radius 3 is 2.62 bits per heavy atom. The van der Waals surface area contributed by atoms with Crippen molar-refractivity contribution < 1.29 is 9.50 Å². The Morgan fingerprint density at radius 2 is 1.86 bits per heavy atom. The van der Waals surface area contributed by atoms with Crippen LogP contribution in [0.25, 0.3) is 10.9 Å². The van der Waals surface area contributed by atoms with E-state index in [0.717, 1.165) is 16.5 Å². The highest BCUT2D eigenvalue weighted by Crippen LogP contribution is 2.23. The molecular weight excluding hydrogens is 289 g/mol. The van der Waals surface area contributed by atoms with E-state index in [0.29, 0.717) is 18.0 Å². The molecule has 1 aromatic heterocycles. The maximum absolute atomic E-state index is 12.9. The Bertz CT molecular complexity index is 751. The standard InChI is InChI=1S/C17H15ClFNO/c18-14-3-6-16-13(11-14)7-9-20(16)10-8-17(21)12-1-4-15(19)5-2-12/h1-7,9,11,17,21H,8,10H2. The van der Waals surface area contributed by atoms with Crippen molar-refractivity contribution in [3.05, 3.63) is 71.1 Å². The van der Waals surface area contributed by atoms with Crippen LogP contribution in [0.15, 0.2) is 54.7 Å². The normalized spacial score (nSPS) is 12.7. The summed E-state index contributed by atoms with van der Waals surface area (Å²) in [6, 6.07) is 13.7. The van der Waals surface area contributed by atoms with E-state index < -0.39 is 6.10 Å². The fraction of sp³-hybridized carbons (Fsp3) is 0.176. The first kappa shape index (κ1) is 14.1. The van der Waals surface area contributed by atoms with Crippen LogP contribution >= 0.6 is 11.6 Å². The zero-order chi connectivity index (χ0) is 14.8. The summed E-state index contributed by atoms with van der Waals surface area (Å²) >= 11 is 5.97. The minimum atomic E-state index is -0.602. The second kappa shape index (κ2) is 5.88. The second-order valence-corrected chi connectivity index (χ2v) is 5.50. The lowest BCUT2D eigenvalue weighted by Crippen LogP contribution is -2.04. The minimum Gasteiger partial charge on any atom is -0.388 e. The number of aliphatic hydroxyl groups is 1. The van der Waals surface area contributed by atoms with Crippen LogP contribution < -0.4 is 0 Å². The number of rotatable bonds is 4. The number of halogens is 2. The van der Waals surface area contributed by atoms with Gasteiger partial charge in [-0.05, 0) is 48.4 Å². The summed E-state index contributed by atoms with van der Waals surface area (Å²) in [5.74, 6) is -0.292. The monoisotopic (exact) mass is 303 g/mol. The molecule has 0 fully saturated rings. The quantitative estimate of drug-likeness (QED) is 0.751. The molecule has 0 spiro atoms. The zero-order valence-electron chi connectivity index (χ0n) is 11.3. The van der Waals surface area contributed by atoms with Gasteiger partial charge in [0.1, 0.15) is 5.82 Å². The highest BCUT2D eigenvalue weighted by molar-refractivity contribution is 6.31. The van der Waals surface area contributed by atoms with Crippen LogP contribution in [0, 0.1) is 5.82 Å². The molecule has 2 aromatic carbocycles. The van der Waals surface area contributed by atoms with Gasteiger partial charge in [0, 0.05) is 28.7 Å². The molecule has 0 aliphatic rings. The van der Waals surface area contributed by atoms with Crippen LogP contribution in [0.4, 0.5) is 4.39 Å². The predicted octanol–water partition coefficient (Wildman–Crippen LogP) is 4.56. The first-order chi connectivity index (χ1) is 10.1. The first-order valence-electron chi connectivity index (χ1n) is 6.81. The van der Waals surface area contributed by atoms with E-state index in [9.17, 15) is 9.50 Å². The number of nitrogens with zero attached hydrogens (tertiary/aromatic N) is 1. The number of hydrogen-bond acceptors (Lipinski definition) is 1. The third-order valence-electron chi connectivity index (χ3n) is 3.63. The van der Waals surface area contributed by atoms with Gasteiger partial charge in [0.05, 0.1) is 6.10 Å². The molecule has 0 radical (unpaired) electrons. The predicted molar refractivity (Wildman–Crippen MR) is 82.9 cm³/mol. The van der Waals surface area contributed by atoms with E-state index >= 15 is 0 Å². The summed E-state index contributed by atoms with van der Waals surface area (Å²) in [6.07, 6.45) is 1.95. The molecule has 21 heavy (non-hydrogen) atoms. The van der Waals surface area contributed by atoms with E-state index in [1.54, 1.807) is 12.1 Å². The topological polar surface area (TPSA) is 25.2 Å². The molecule has 1 unspecified atom stereocenters. The molecule has 2 nitrogen and oxygen atoms in total. The molecule has 4 heteroatoms. The van der Waals surface area contributed by atoms with Gasteiger partial charge in [0.15, 0.2) is 0 Å². The van der Waals surface area contributed by atoms with Crippen molar-refractivity contribution in [1.82, 2.24) is 4.57 Å². The number of benzene rings is 2. The van der Waals surface area contributed by atoms with Gasteiger partial charge in [0.25, 0.3) is 0 Å². The van der Waals surface area contributed by atoms with Crippen molar-refractivity contribution in [1.29, 1.82) is 0 Å². The van der Waals surface area contributed by atoms with Crippen LogP contribution in [0.2, 0.25) is 5.02 Å². The fourth-order valence-corrected chi connectivity index (χ4v) is 2.66. The Labute approximate surface area is 127 Å². The van der Waals surface area contributed by atoms with E-state index in [1.807, 2.05) is 30.5 Å². The SMILES string of the molecule is OC(CCn1ccc2cc(Cl)ccc21)c1ccc(F)cc1. The highest BCUT2D eigenvalue weighted by Gasteiger charge is 2.09. The fourth-order valence-electron chi connectivity index (χ4n) is 2.48. The zero-order valence-corrected chi connectivity index (χ0v) is 12.1. The molecule has 0 bridgehead atoms. The van der Waals surface area contributed by atoms with Gasteiger partial charge in [-0.25, -0.2) is 4.39 Å². The lowest BCUT2D eigenvalue weighted by atomic mass is 10.1. The Kier molecular flexibility index (Phi) is 3.95. The number of aryl methyl sites for hydroxylation is 1. The van der Waals surface area contributed by atoms with Gasteiger partial charge in [0.2, 0.25) is 0 Å². The molecule has 108 valence electrons. The van der Waals surface area contributed by atoms with E-state index in [-0.39, 0.29) is 5.82 Å². The molecule has 0 aliphatic heterocycles. The van der Waals surface area contributed by atoms with Crippen molar-refractivity contribution >= 4 is 22.5 Å². The van der Waals surface area contributed by atoms with Crippen molar-refractivity contribution in [3.8, 4) is 0 Å². The Morgan fingerprint density at radius 1 is 1.10 bits per heavy atom. The minimum absolute atomic E-state index is 0.292. The Balaban J connectivity index is 1.72. The molecule has 0 saturated carbocycles. The molecule has 0 amide bonds. The summed E-state index contributed by atoms with van der Waals surface area (Å²) < 4.78 is 15.0. The van der Waals surface area contributed by atoms with Crippen LogP contribution in [-0.2, 0) is 6.54 Å². The molecule has 1 atom stereocenters. The van der Waals surface area contributed by atoms with Gasteiger partial charge >= 0.3 is 0 Å². The van der Waals surface area contributed by atoms with Gasteiger partial charge in [-0.1, -0.05) is 23.7 Å². The number of aliphatic hydroxyl groups excluding tert-OH is 1. The van der Waals surface area contributed by atoms with Crippen LogP contribution in [0.3, 0.4) is 0 Å². The summed E-state index contributed by atoms with van der Waals surface area (Å²) in [6.45, 7) is 0.684. The average Bonchev–Trinajstić information content (AvgIpc) is 2.87. The van der Waals surface area contributed by atoms with Crippen LogP contribution in [0.1, 0.15) is 18.1 Å². The van der Waals surface area contributed by atoms with E-state index in [2.05, 4.69) is 4.57 Å². The first-order valence-corrected chi connectivity index (χ1v) is 7.19. The number of aromatic nitrogens is 1. The summed E-state index contributed by atoms with van der Waals surface area (Å²) in [5, 5.41) is 12.0. The smallest absolute Gasteiger partial charge is 0.123 e. The van der Waals surface area contributed by atoms with Crippen LogP contribution in [-0.4, -0.2) is 9.67 Å². The largest absolute Gasteiger partial charge is 0.388 e. The summed E-state index contributed by atoms with van der Waals surface area (Å²) in [7, 11) is 0. The average molecular weight is 304 g/mol. The second-order valence-electron chi connectivity index (χ2n) is 5.07. The van der Waals surface area contributed by atoms with Gasteiger partial charge in [-0.3, -0.25) is 0 Å². The third-order valence-corrected chi connectivity index (χ3v) is 3.87. The van der Waals surface area contributed by atoms with Gasteiger partial charge in [-0.2, -0.15) is 0 Å². The molecule has 1 N–H and O–H groups in total. The molecular formula is C17H15ClFNO.